The molecule has 4 heteroatoms. The number of benzene rings is 2. The Bertz CT molecular complexity index is 847. The van der Waals surface area contributed by atoms with Crippen molar-refractivity contribution in [1.29, 1.82) is 0 Å². The highest BCUT2D eigenvalue weighted by Gasteiger charge is 2.25. The minimum Gasteiger partial charge on any atom is -0.477 e. The van der Waals surface area contributed by atoms with Crippen LogP contribution in [0, 0.1) is 0 Å². The molecule has 4 nitrogen and oxygen atoms in total. The van der Waals surface area contributed by atoms with Gasteiger partial charge in [-0.1, -0.05) is 48.5 Å². The SMILES string of the molecule is Cn1c(C(=O)O)c(C(=O)c2ccccc2)c2ccccc21. The van der Waals surface area contributed by atoms with Crippen LogP contribution in [0.25, 0.3) is 10.9 Å². The van der Waals surface area contributed by atoms with Gasteiger partial charge in [-0.2, -0.15) is 0 Å². The van der Waals surface area contributed by atoms with E-state index in [4.69, 9.17) is 0 Å². The number of carboxylic acids is 1. The van der Waals surface area contributed by atoms with Crippen molar-refractivity contribution in [3.8, 4) is 0 Å². The van der Waals surface area contributed by atoms with Gasteiger partial charge in [0.25, 0.3) is 0 Å². The molecule has 0 saturated heterocycles. The summed E-state index contributed by atoms with van der Waals surface area (Å²) >= 11 is 0. The van der Waals surface area contributed by atoms with Crippen LogP contribution in [0.3, 0.4) is 0 Å². The number of aromatic nitrogens is 1. The molecule has 21 heavy (non-hydrogen) atoms. The lowest BCUT2D eigenvalue weighted by atomic mass is 10.00. The van der Waals surface area contributed by atoms with Gasteiger partial charge < -0.3 is 9.67 Å². The molecule has 1 heterocycles. The van der Waals surface area contributed by atoms with E-state index in [9.17, 15) is 14.7 Å². The molecule has 0 aliphatic rings. The maximum absolute atomic E-state index is 12.7. The van der Waals surface area contributed by atoms with Crippen LogP contribution in [-0.2, 0) is 7.05 Å². The van der Waals surface area contributed by atoms with Crippen molar-refractivity contribution in [3.05, 3.63) is 71.4 Å². The smallest absolute Gasteiger partial charge is 0.353 e. The Balaban J connectivity index is 2.34. The van der Waals surface area contributed by atoms with E-state index in [1.807, 2.05) is 18.2 Å². The van der Waals surface area contributed by atoms with Crippen molar-refractivity contribution in [2.45, 2.75) is 0 Å². The Labute approximate surface area is 121 Å². The van der Waals surface area contributed by atoms with Crippen molar-refractivity contribution in [3.63, 3.8) is 0 Å². The minimum absolute atomic E-state index is 0.0186. The Hall–Kier alpha value is -2.88. The van der Waals surface area contributed by atoms with Crippen LogP contribution < -0.4 is 0 Å². The van der Waals surface area contributed by atoms with E-state index in [0.29, 0.717) is 10.9 Å². The molecule has 0 fully saturated rings. The average molecular weight is 279 g/mol. The van der Waals surface area contributed by atoms with Gasteiger partial charge in [0.15, 0.2) is 5.78 Å². The molecular weight excluding hydrogens is 266 g/mol. The van der Waals surface area contributed by atoms with Gasteiger partial charge in [-0.3, -0.25) is 4.79 Å². The monoisotopic (exact) mass is 279 g/mol. The summed E-state index contributed by atoms with van der Waals surface area (Å²) in [6.07, 6.45) is 0. The van der Waals surface area contributed by atoms with E-state index >= 15 is 0 Å². The zero-order chi connectivity index (χ0) is 15.0. The Morgan fingerprint density at radius 3 is 2.24 bits per heavy atom. The van der Waals surface area contributed by atoms with Gasteiger partial charge in [0.1, 0.15) is 5.69 Å². The van der Waals surface area contributed by atoms with Crippen molar-refractivity contribution in [2.75, 3.05) is 0 Å². The zero-order valence-corrected chi connectivity index (χ0v) is 11.4. The fourth-order valence-corrected chi connectivity index (χ4v) is 2.61. The lowest BCUT2D eigenvalue weighted by Gasteiger charge is -2.03. The van der Waals surface area contributed by atoms with Gasteiger partial charge >= 0.3 is 5.97 Å². The van der Waals surface area contributed by atoms with Crippen LogP contribution in [0.2, 0.25) is 0 Å². The molecule has 0 radical (unpaired) electrons. The first-order valence-corrected chi connectivity index (χ1v) is 6.51. The summed E-state index contributed by atoms with van der Waals surface area (Å²) in [7, 11) is 1.66. The van der Waals surface area contributed by atoms with Crippen molar-refractivity contribution < 1.29 is 14.7 Å². The van der Waals surface area contributed by atoms with Gasteiger partial charge in [-0.05, 0) is 6.07 Å². The lowest BCUT2D eigenvalue weighted by molar-refractivity contribution is 0.0683. The number of hydrogen-bond acceptors (Lipinski definition) is 2. The molecule has 0 spiro atoms. The number of rotatable bonds is 3. The lowest BCUT2D eigenvalue weighted by Crippen LogP contribution is -2.11. The number of aryl methyl sites for hydroxylation is 1. The van der Waals surface area contributed by atoms with Crippen LogP contribution in [-0.4, -0.2) is 21.4 Å². The second kappa shape index (κ2) is 4.90. The Morgan fingerprint density at radius 1 is 0.952 bits per heavy atom. The molecule has 0 unspecified atom stereocenters. The van der Waals surface area contributed by atoms with Crippen molar-refractivity contribution >= 4 is 22.7 Å². The minimum atomic E-state index is -1.10. The summed E-state index contributed by atoms with van der Waals surface area (Å²) in [4.78, 5) is 24.3. The number of para-hydroxylation sites is 1. The number of carbonyl (C=O) groups excluding carboxylic acids is 1. The molecule has 3 aromatic rings. The van der Waals surface area contributed by atoms with E-state index in [0.717, 1.165) is 5.52 Å². The molecule has 0 bridgehead atoms. The van der Waals surface area contributed by atoms with Gasteiger partial charge in [-0.15, -0.1) is 0 Å². The summed E-state index contributed by atoms with van der Waals surface area (Å²) in [5.41, 5.74) is 1.47. The number of fused-ring (bicyclic) bond motifs is 1. The molecular formula is C17H13NO3. The molecule has 1 N–H and O–H groups in total. The first kappa shape index (κ1) is 13.1. The summed E-state index contributed by atoms with van der Waals surface area (Å²) in [5, 5.41) is 10.1. The molecule has 104 valence electrons. The number of hydrogen-bond donors (Lipinski definition) is 1. The third-order valence-electron chi connectivity index (χ3n) is 3.57. The number of nitrogens with zero attached hydrogens (tertiary/aromatic N) is 1. The van der Waals surface area contributed by atoms with E-state index in [2.05, 4.69) is 0 Å². The first-order valence-electron chi connectivity index (χ1n) is 6.51. The summed E-state index contributed by atoms with van der Waals surface area (Å²) in [6.45, 7) is 0. The maximum Gasteiger partial charge on any atom is 0.353 e. The van der Waals surface area contributed by atoms with Crippen LogP contribution in [0.4, 0.5) is 0 Å². The number of aromatic carboxylic acids is 1. The first-order chi connectivity index (χ1) is 10.1. The fraction of sp³-hybridized carbons (Fsp3) is 0.0588. The Kier molecular flexibility index (Phi) is 3.06. The molecule has 1 aromatic heterocycles. The molecule has 0 saturated carbocycles. The van der Waals surface area contributed by atoms with Crippen LogP contribution in [0.1, 0.15) is 26.4 Å². The standard InChI is InChI=1S/C17H13NO3/c1-18-13-10-6-5-9-12(13)14(15(18)17(20)21)16(19)11-7-3-2-4-8-11/h2-10H,1H3,(H,20,21). The third kappa shape index (κ3) is 2.01. The van der Waals surface area contributed by atoms with Crippen LogP contribution in [0.5, 0.6) is 0 Å². The number of carbonyl (C=O) groups is 2. The normalized spacial score (nSPS) is 10.7. The second-order valence-electron chi connectivity index (χ2n) is 4.80. The number of carboxylic acid groups (broad SMARTS) is 1. The van der Waals surface area contributed by atoms with Gasteiger partial charge in [0, 0.05) is 23.5 Å². The highest BCUT2D eigenvalue weighted by atomic mass is 16.4. The highest BCUT2D eigenvalue weighted by molar-refractivity contribution is 6.21. The molecule has 0 aliphatic heterocycles. The van der Waals surface area contributed by atoms with E-state index in [1.165, 1.54) is 0 Å². The van der Waals surface area contributed by atoms with E-state index < -0.39 is 5.97 Å². The largest absolute Gasteiger partial charge is 0.477 e. The predicted octanol–water partition coefficient (Wildman–Crippen LogP) is 3.11. The van der Waals surface area contributed by atoms with Gasteiger partial charge in [-0.25, -0.2) is 4.79 Å². The maximum atomic E-state index is 12.7. The topological polar surface area (TPSA) is 59.3 Å². The molecule has 3 rings (SSSR count). The third-order valence-corrected chi connectivity index (χ3v) is 3.57. The summed E-state index contributed by atoms with van der Waals surface area (Å²) in [6, 6.07) is 15.9. The average Bonchev–Trinajstić information content (AvgIpc) is 2.81. The van der Waals surface area contributed by atoms with Crippen LogP contribution in [0.15, 0.2) is 54.6 Å². The molecule has 0 aliphatic carbocycles. The quantitative estimate of drug-likeness (QED) is 0.749. The number of ketones is 1. The molecule has 2 aromatic carbocycles. The van der Waals surface area contributed by atoms with E-state index in [1.54, 1.807) is 48.0 Å². The van der Waals surface area contributed by atoms with Crippen LogP contribution >= 0.6 is 0 Å². The molecule has 0 amide bonds. The predicted molar refractivity (Wildman–Crippen MR) is 79.8 cm³/mol. The van der Waals surface area contributed by atoms with E-state index in [-0.39, 0.29) is 17.0 Å². The van der Waals surface area contributed by atoms with Gasteiger partial charge in [0.05, 0.1) is 5.56 Å². The zero-order valence-electron chi connectivity index (χ0n) is 11.4. The Morgan fingerprint density at radius 2 is 1.57 bits per heavy atom. The highest BCUT2D eigenvalue weighted by Crippen LogP contribution is 2.27. The fourth-order valence-electron chi connectivity index (χ4n) is 2.61. The molecule has 0 atom stereocenters. The summed E-state index contributed by atoms with van der Waals surface area (Å²) in [5.74, 6) is -1.38. The van der Waals surface area contributed by atoms with Crippen molar-refractivity contribution in [2.24, 2.45) is 7.05 Å². The summed E-state index contributed by atoms with van der Waals surface area (Å²) < 4.78 is 1.55. The second-order valence-corrected chi connectivity index (χ2v) is 4.80. The van der Waals surface area contributed by atoms with Gasteiger partial charge in [0.2, 0.25) is 0 Å². The van der Waals surface area contributed by atoms with Crippen molar-refractivity contribution in [1.82, 2.24) is 4.57 Å².